The first kappa shape index (κ1) is 17.7. The second-order valence-electron chi connectivity index (χ2n) is 6.04. The average Bonchev–Trinajstić information content (AvgIpc) is 2.84. The number of rotatable bonds is 6. The zero-order valence-corrected chi connectivity index (χ0v) is 13.8. The summed E-state index contributed by atoms with van der Waals surface area (Å²) in [6.45, 7) is 4.08. The third kappa shape index (κ3) is 4.18. The number of carboxylic acids is 1. The van der Waals surface area contributed by atoms with Crippen molar-refractivity contribution in [2.24, 2.45) is 13.0 Å². The fourth-order valence-electron chi connectivity index (χ4n) is 2.44. The molecule has 0 saturated heterocycles. The highest BCUT2D eigenvalue weighted by molar-refractivity contribution is 5.95. The van der Waals surface area contributed by atoms with Crippen LogP contribution in [0.2, 0.25) is 0 Å². The summed E-state index contributed by atoms with van der Waals surface area (Å²) in [5, 5.41) is 16.0. The van der Waals surface area contributed by atoms with Crippen LogP contribution in [-0.4, -0.2) is 26.8 Å². The lowest BCUT2D eigenvalue weighted by atomic mass is 10.1. The standard InChI is InChI=1S/C17H20FN3O3/c1-10(2)7-13-9-14(21(3)20-13)16(22)19-15(17(23)24)11-5-4-6-12(18)8-11/h4-6,8-10,15H,7H2,1-3H3,(H,19,22)(H,23,24). The number of carbonyl (C=O) groups is 2. The highest BCUT2D eigenvalue weighted by atomic mass is 19.1. The Labute approximate surface area is 139 Å². The van der Waals surface area contributed by atoms with Crippen LogP contribution in [0.1, 0.15) is 41.6 Å². The lowest BCUT2D eigenvalue weighted by Gasteiger charge is -2.15. The van der Waals surface area contributed by atoms with E-state index in [4.69, 9.17) is 0 Å². The molecule has 0 radical (unpaired) electrons. The number of amides is 1. The summed E-state index contributed by atoms with van der Waals surface area (Å²) in [4.78, 5) is 23.9. The normalized spacial score (nSPS) is 12.2. The van der Waals surface area contributed by atoms with Gasteiger partial charge in [0, 0.05) is 7.05 Å². The highest BCUT2D eigenvalue weighted by Crippen LogP contribution is 2.16. The van der Waals surface area contributed by atoms with Gasteiger partial charge in [0.2, 0.25) is 0 Å². The monoisotopic (exact) mass is 333 g/mol. The van der Waals surface area contributed by atoms with Crippen LogP contribution in [0.15, 0.2) is 30.3 Å². The Kier molecular flexibility index (Phi) is 5.33. The molecule has 1 aromatic heterocycles. The van der Waals surface area contributed by atoms with Gasteiger partial charge in [-0.2, -0.15) is 5.10 Å². The van der Waals surface area contributed by atoms with Gasteiger partial charge in [-0.05, 0) is 36.1 Å². The van der Waals surface area contributed by atoms with Crippen LogP contribution in [0, 0.1) is 11.7 Å². The summed E-state index contributed by atoms with van der Waals surface area (Å²) in [5.74, 6) is -2.02. The molecule has 24 heavy (non-hydrogen) atoms. The predicted molar refractivity (Wildman–Crippen MR) is 86.0 cm³/mol. The number of aliphatic carboxylic acids is 1. The zero-order chi connectivity index (χ0) is 17.9. The van der Waals surface area contributed by atoms with Crippen molar-refractivity contribution in [2.75, 3.05) is 0 Å². The smallest absolute Gasteiger partial charge is 0.330 e. The molecule has 0 aliphatic carbocycles. The highest BCUT2D eigenvalue weighted by Gasteiger charge is 2.25. The van der Waals surface area contributed by atoms with E-state index in [0.717, 1.165) is 11.8 Å². The molecule has 1 heterocycles. The molecule has 0 saturated carbocycles. The van der Waals surface area contributed by atoms with Crippen LogP contribution in [-0.2, 0) is 18.3 Å². The minimum Gasteiger partial charge on any atom is -0.479 e. The molecular formula is C17H20FN3O3. The number of halogens is 1. The Morgan fingerprint density at radius 1 is 1.33 bits per heavy atom. The Morgan fingerprint density at radius 3 is 2.62 bits per heavy atom. The van der Waals surface area contributed by atoms with E-state index in [1.54, 1.807) is 13.1 Å². The van der Waals surface area contributed by atoms with E-state index in [0.29, 0.717) is 12.3 Å². The van der Waals surface area contributed by atoms with Gasteiger partial charge in [0.25, 0.3) is 5.91 Å². The Balaban J connectivity index is 2.22. The minimum absolute atomic E-state index is 0.167. The van der Waals surface area contributed by atoms with Crippen LogP contribution in [0.3, 0.4) is 0 Å². The van der Waals surface area contributed by atoms with Crippen molar-refractivity contribution in [2.45, 2.75) is 26.3 Å². The van der Waals surface area contributed by atoms with Crippen molar-refractivity contribution in [1.82, 2.24) is 15.1 Å². The van der Waals surface area contributed by atoms with Gasteiger partial charge in [-0.25, -0.2) is 9.18 Å². The third-order valence-electron chi connectivity index (χ3n) is 3.48. The van der Waals surface area contributed by atoms with Crippen molar-refractivity contribution in [3.63, 3.8) is 0 Å². The summed E-state index contributed by atoms with van der Waals surface area (Å²) >= 11 is 0. The van der Waals surface area contributed by atoms with Crippen molar-refractivity contribution < 1.29 is 19.1 Å². The summed E-state index contributed by atoms with van der Waals surface area (Å²) < 4.78 is 14.7. The minimum atomic E-state index is -1.34. The zero-order valence-electron chi connectivity index (χ0n) is 13.8. The van der Waals surface area contributed by atoms with Crippen LogP contribution in [0.5, 0.6) is 0 Å². The van der Waals surface area contributed by atoms with Crippen molar-refractivity contribution in [3.8, 4) is 0 Å². The molecule has 0 aliphatic heterocycles. The molecule has 1 aromatic carbocycles. The van der Waals surface area contributed by atoms with E-state index in [-0.39, 0.29) is 11.3 Å². The molecule has 1 amide bonds. The van der Waals surface area contributed by atoms with Gasteiger partial charge in [-0.1, -0.05) is 26.0 Å². The number of benzene rings is 1. The second-order valence-corrected chi connectivity index (χ2v) is 6.04. The Morgan fingerprint density at radius 2 is 2.04 bits per heavy atom. The van der Waals surface area contributed by atoms with Gasteiger partial charge < -0.3 is 10.4 Å². The number of carboxylic acid groups (broad SMARTS) is 1. The molecule has 6 nitrogen and oxygen atoms in total. The molecule has 2 aromatic rings. The number of nitrogens with zero attached hydrogens (tertiary/aromatic N) is 2. The van der Waals surface area contributed by atoms with Crippen LogP contribution >= 0.6 is 0 Å². The van der Waals surface area contributed by atoms with Gasteiger partial charge in [0.15, 0.2) is 6.04 Å². The largest absolute Gasteiger partial charge is 0.479 e. The van der Waals surface area contributed by atoms with Gasteiger partial charge in [0.05, 0.1) is 5.69 Å². The molecule has 1 atom stereocenters. The molecule has 0 fully saturated rings. The quantitative estimate of drug-likeness (QED) is 0.850. The lowest BCUT2D eigenvalue weighted by Crippen LogP contribution is -2.34. The van der Waals surface area contributed by atoms with E-state index in [1.807, 2.05) is 13.8 Å². The fourth-order valence-corrected chi connectivity index (χ4v) is 2.44. The molecular weight excluding hydrogens is 313 g/mol. The van der Waals surface area contributed by atoms with Crippen LogP contribution < -0.4 is 5.32 Å². The first-order valence-electron chi connectivity index (χ1n) is 7.60. The van der Waals surface area contributed by atoms with Crippen molar-refractivity contribution in [1.29, 1.82) is 0 Å². The molecule has 2 rings (SSSR count). The lowest BCUT2D eigenvalue weighted by molar-refractivity contribution is -0.139. The van der Waals surface area contributed by atoms with Crippen LogP contribution in [0.4, 0.5) is 4.39 Å². The molecule has 7 heteroatoms. The predicted octanol–water partition coefficient (Wildman–Crippen LogP) is 2.31. The molecule has 0 aliphatic rings. The molecule has 2 N–H and O–H groups in total. The number of aryl methyl sites for hydroxylation is 1. The van der Waals surface area contributed by atoms with E-state index in [2.05, 4.69) is 10.4 Å². The summed E-state index contributed by atoms with van der Waals surface area (Å²) in [6, 6.07) is 5.46. The van der Waals surface area contributed by atoms with Gasteiger partial charge >= 0.3 is 5.97 Å². The van der Waals surface area contributed by atoms with Gasteiger partial charge in [-0.3, -0.25) is 9.48 Å². The third-order valence-corrected chi connectivity index (χ3v) is 3.48. The van der Waals surface area contributed by atoms with E-state index in [9.17, 15) is 19.1 Å². The SMILES string of the molecule is CC(C)Cc1cc(C(=O)NC(C(=O)O)c2cccc(F)c2)n(C)n1. The summed E-state index contributed by atoms with van der Waals surface area (Å²) in [6.07, 6.45) is 0.716. The van der Waals surface area contributed by atoms with Crippen molar-refractivity contribution in [3.05, 3.63) is 53.1 Å². The van der Waals surface area contributed by atoms with E-state index < -0.39 is 23.7 Å². The number of hydrogen-bond donors (Lipinski definition) is 2. The number of hydrogen-bond acceptors (Lipinski definition) is 3. The molecule has 1 unspecified atom stereocenters. The molecule has 0 spiro atoms. The first-order chi connectivity index (χ1) is 11.3. The summed E-state index contributed by atoms with van der Waals surface area (Å²) in [5.41, 5.74) is 1.18. The van der Waals surface area contributed by atoms with E-state index in [1.165, 1.54) is 22.9 Å². The van der Waals surface area contributed by atoms with Crippen LogP contribution in [0.25, 0.3) is 0 Å². The summed E-state index contributed by atoms with van der Waals surface area (Å²) in [7, 11) is 1.62. The maximum atomic E-state index is 13.3. The fraction of sp³-hybridized carbons (Fsp3) is 0.353. The maximum absolute atomic E-state index is 13.3. The second kappa shape index (κ2) is 7.25. The topological polar surface area (TPSA) is 84.2 Å². The Bertz CT molecular complexity index is 755. The number of carbonyl (C=O) groups excluding carboxylic acids is 1. The van der Waals surface area contributed by atoms with Gasteiger partial charge in [-0.15, -0.1) is 0 Å². The van der Waals surface area contributed by atoms with Gasteiger partial charge in [0.1, 0.15) is 11.5 Å². The molecule has 128 valence electrons. The van der Waals surface area contributed by atoms with E-state index >= 15 is 0 Å². The number of aromatic nitrogens is 2. The van der Waals surface area contributed by atoms with Crippen molar-refractivity contribution >= 4 is 11.9 Å². The first-order valence-corrected chi connectivity index (χ1v) is 7.60. The maximum Gasteiger partial charge on any atom is 0.330 e. The average molecular weight is 333 g/mol. The molecule has 0 bridgehead atoms. The number of nitrogens with one attached hydrogen (secondary N) is 1. The Hall–Kier alpha value is -2.70.